The number of hydrogen-bond donors (Lipinski definition) is 0. The molecule has 0 aromatic heterocycles. The molecule has 3 aromatic carbocycles. The zero-order valence-electron chi connectivity index (χ0n) is 16.3. The molecule has 0 N–H and O–H groups in total. The topological polar surface area (TPSA) is 51.5 Å². The van der Waals surface area contributed by atoms with E-state index in [4.69, 9.17) is 14.2 Å². The zero-order chi connectivity index (χ0) is 20.0. The van der Waals surface area contributed by atoms with Crippen LogP contribution in [0, 0.1) is 11.3 Å². The molecule has 0 aliphatic heterocycles. The van der Waals surface area contributed by atoms with E-state index in [2.05, 4.69) is 6.07 Å². The molecule has 0 spiro atoms. The first-order chi connectivity index (χ1) is 13.7. The minimum absolute atomic E-state index is 0.597. The zero-order valence-corrected chi connectivity index (χ0v) is 16.3. The summed E-state index contributed by atoms with van der Waals surface area (Å²) in [6.45, 7) is 2.54. The van der Waals surface area contributed by atoms with Crippen molar-refractivity contribution in [1.82, 2.24) is 0 Å². The van der Waals surface area contributed by atoms with E-state index in [9.17, 15) is 5.26 Å². The van der Waals surface area contributed by atoms with Crippen molar-refractivity contribution in [3.8, 4) is 23.3 Å². The second-order valence-corrected chi connectivity index (χ2v) is 6.28. The fourth-order valence-corrected chi connectivity index (χ4v) is 3.34. The van der Waals surface area contributed by atoms with Gasteiger partial charge in [-0.15, -0.1) is 0 Å². The van der Waals surface area contributed by atoms with Gasteiger partial charge in [-0.05, 0) is 60.0 Å². The van der Waals surface area contributed by atoms with Crippen LogP contribution in [0.5, 0.6) is 17.2 Å². The molecule has 0 saturated carbocycles. The van der Waals surface area contributed by atoms with Gasteiger partial charge in [-0.3, -0.25) is 0 Å². The lowest BCUT2D eigenvalue weighted by atomic mass is 9.70. The summed E-state index contributed by atoms with van der Waals surface area (Å²) in [7, 11) is 3.25. The summed E-state index contributed by atoms with van der Waals surface area (Å²) in [5.74, 6) is 2.27. The first-order valence-corrected chi connectivity index (χ1v) is 9.11. The summed E-state index contributed by atoms with van der Waals surface area (Å²) in [5, 5.41) is 10.4. The van der Waals surface area contributed by atoms with Crippen LogP contribution in [0.3, 0.4) is 0 Å². The fourth-order valence-electron chi connectivity index (χ4n) is 3.34. The molecule has 0 fully saturated rings. The van der Waals surface area contributed by atoms with Crippen LogP contribution >= 0.6 is 0 Å². The molecule has 3 aromatic rings. The number of hydrogen-bond acceptors (Lipinski definition) is 4. The molecule has 0 aliphatic carbocycles. The highest BCUT2D eigenvalue weighted by atomic mass is 16.5. The van der Waals surface area contributed by atoms with Gasteiger partial charge in [0.25, 0.3) is 0 Å². The molecule has 0 bridgehead atoms. The van der Waals surface area contributed by atoms with Crippen LogP contribution in [-0.4, -0.2) is 20.8 Å². The summed E-state index contributed by atoms with van der Waals surface area (Å²) in [5.41, 5.74) is 1.63. The van der Waals surface area contributed by atoms with Gasteiger partial charge in [0.1, 0.15) is 22.7 Å². The predicted molar refractivity (Wildman–Crippen MR) is 109 cm³/mol. The second-order valence-electron chi connectivity index (χ2n) is 6.28. The van der Waals surface area contributed by atoms with E-state index in [1.165, 1.54) is 0 Å². The van der Waals surface area contributed by atoms with Gasteiger partial charge in [0, 0.05) is 0 Å². The molecular formula is C24H23NO3. The molecule has 0 radical (unpaired) electrons. The van der Waals surface area contributed by atoms with E-state index in [-0.39, 0.29) is 0 Å². The van der Waals surface area contributed by atoms with Crippen molar-refractivity contribution < 1.29 is 14.2 Å². The molecule has 3 rings (SSSR count). The van der Waals surface area contributed by atoms with Crippen molar-refractivity contribution in [2.75, 3.05) is 20.8 Å². The van der Waals surface area contributed by atoms with E-state index in [0.717, 1.165) is 33.9 Å². The number of ether oxygens (including phenoxy) is 3. The molecule has 0 unspecified atom stereocenters. The van der Waals surface area contributed by atoms with Gasteiger partial charge in [-0.25, -0.2) is 0 Å². The Balaban J connectivity index is 2.19. The normalized spacial score (nSPS) is 10.8. The third-order valence-corrected chi connectivity index (χ3v) is 4.81. The van der Waals surface area contributed by atoms with Gasteiger partial charge in [0.15, 0.2) is 0 Å². The molecule has 0 saturated heterocycles. The Labute approximate surface area is 165 Å². The number of methoxy groups -OCH3 is 2. The highest BCUT2D eigenvalue weighted by molar-refractivity contribution is 5.58. The molecule has 28 heavy (non-hydrogen) atoms. The van der Waals surface area contributed by atoms with Crippen LogP contribution in [-0.2, 0) is 5.41 Å². The summed E-state index contributed by atoms with van der Waals surface area (Å²) in [6, 6.07) is 25.5. The maximum absolute atomic E-state index is 10.4. The summed E-state index contributed by atoms with van der Waals surface area (Å²) in [6.07, 6.45) is 0. The summed E-state index contributed by atoms with van der Waals surface area (Å²) in [4.78, 5) is 0. The fraction of sp³-hybridized carbons (Fsp3) is 0.208. The maximum Gasteiger partial charge on any atom is 0.132 e. The Bertz CT molecular complexity index is 892. The minimum Gasteiger partial charge on any atom is -0.497 e. The third-order valence-electron chi connectivity index (χ3n) is 4.81. The van der Waals surface area contributed by atoms with Crippen molar-refractivity contribution in [2.45, 2.75) is 12.3 Å². The monoisotopic (exact) mass is 373 g/mol. The Hall–Kier alpha value is -3.45. The van der Waals surface area contributed by atoms with Crippen LogP contribution in [0.15, 0.2) is 72.8 Å². The van der Waals surface area contributed by atoms with Gasteiger partial charge < -0.3 is 14.2 Å². The standard InChI is InChI=1S/C24H23NO3/c1-4-28-23-15-9-20(10-16-23)24(17-25,18-5-11-21(26-2)12-6-18)19-7-13-22(27-3)14-8-19/h5-16H,4H2,1-3H3. The molecule has 0 aliphatic rings. The van der Waals surface area contributed by atoms with Gasteiger partial charge in [-0.1, -0.05) is 36.4 Å². The number of rotatable bonds is 7. The SMILES string of the molecule is CCOc1ccc(C(C#N)(c2ccc(OC)cc2)c2ccc(OC)cc2)cc1. The molecular weight excluding hydrogens is 350 g/mol. The minimum atomic E-state index is -0.969. The molecule has 0 heterocycles. The predicted octanol–water partition coefficient (Wildman–Crippen LogP) is 4.96. The van der Waals surface area contributed by atoms with E-state index >= 15 is 0 Å². The highest BCUT2D eigenvalue weighted by Crippen LogP contribution is 2.40. The van der Waals surface area contributed by atoms with E-state index in [1.54, 1.807) is 14.2 Å². The first-order valence-electron chi connectivity index (χ1n) is 9.11. The molecule has 142 valence electrons. The molecule has 4 heteroatoms. The average molecular weight is 373 g/mol. The Morgan fingerprint density at radius 1 is 0.679 bits per heavy atom. The molecule has 0 atom stereocenters. The number of nitrogens with zero attached hydrogens (tertiary/aromatic N) is 1. The van der Waals surface area contributed by atoms with Crippen LogP contribution in [0.2, 0.25) is 0 Å². The smallest absolute Gasteiger partial charge is 0.132 e. The van der Waals surface area contributed by atoms with Crippen molar-refractivity contribution in [2.24, 2.45) is 0 Å². The maximum atomic E-state index is 10.4. The lowest BCUT2D eigenvalue weighted by molar-refractivity contribution is 0.340. The van der Waals surface area contributed by atoms with Crippen molar-refractivity contribution in [3.05, 3.63) is 89.5 Å². The summed E-state index contributed by atoms with van der Waals surface area (Å²) < 4.78 is 16.1. The summed E-state index contributed by atoms with van der Waals surface area (Å²) >= 11 is 0. The lowest BCUT2D eigenvalue weighted by Gasteiger charge is -2.29. The highest BCUT2D eigenvalue weighted by Gasteiger charge is 2.37. The van der Waals surface area contributed by atoms with E-state index in [0.29, 0.717) is 6.61 Å². The third kappa shape index (κ3) is 3.52. The van der Waals surface area contributed by atoms with Crippen LogP contribution in [0.25, 0.3) is 0 Å². The van der Waals surface area contributed by atoms with Crippen LogP contribution in [0.4, 0.5) is 0 Å². The van der Waals surface area contributed by atoms with Gasteiger partial charge in [0.2, 0.25) is 0 Å². The van der Waals surface area contributed by atoms with Crippen molar-refractivity contribution >= 4 is 0 Å². The Morgan fingerprint density at radius 3 is 1.32 bits per heavy atom. The second kappa shape index (κ2) is 8.49. The average Bonchev–Trinajstić information content (AvgIpc) is 2.77. The van der Waals surface area contributed by atoms with Gasteiger partial charge in [-0.2, -0.15) is 5.26 Å². The van der Waals surface area contributed by atoms with Gasteiger partial charge in [0.05, 0.1) is 26.9 Å². The van der Waals surface area contributed by atoms with Gasteiger partial charge >= 0.3 is 0 Å². The Morgan fingerprint density at radius 2 is 1.04 bits per heavy atom. The Kier molecular flexibility index (Phi) is 5.86. The van der Waals surface area contributed by atoms with Crippen LogP contribution in [0.1, 0.15) is 23.6 Å². The van der Waals surface area contributed by atoms with E-state index in [1.807, 2.05) is 79.7 Å². The number of benzene rings is 3. The molecule has 0 amide bonds. The van der Waals surface area contributed by atoms with Crippen LogP contribution < -0.4 is 14.2 Å². The largest absolute Gasteiger partial charge is 0.497 e. The van der Waals surface area contributed by atoms with Crippen molar-refractivity contribution in [1.29, 1.82) is 5.26 Å². The van der Waals surface area contributed by atoms with Crippen molar-refractivity contribution in [3.63, 3.8) is 0 Å². The number of nitriles is 1. The van der Waals surface area contributed by atoms with E-state index < -0.39 is 5.41 Å². The lowest BCUT2D eigenvalue weighted by Crippen LogP contribution is -2.27. The first kappa shape index (κ1) is 19.3. The quantitative estimate of drug-likeness (QED) is 0.549. The molecule has 4 nitrogen and oxygen atoms in total.